The minimum absolute atomic E-state index is 0.00137. The van der Waals surface area contributed by atoms with Crippen LogP contribution >= 0.6 is 22.9 Å². The molecule has 6 rings (SSSR count). The Labute approximate surface area is 345 Å². The number of aromatic nitrogens is 1. The number of unbranched alkanes of at least 4 members (excludes halogenated alkanes) is 2. The fourth-order valence-electron chi connectivity index (χ4n) is 7.88. The number of rotatable bonds is 18. The van der Waals surface area contributed by atoms with E-state index in [9.17, 15) is 19.5 Å². The van der Waals surface area contributed by atoms with Gasteiger partial charge in [0.1, 0.15) is 17.1 Å². The summed E-state index contributed by atoms with van der Waals surface area (Å²) in [5, 5.41) is 16.4. The fraction of sp³-hybridized carbons (Fsp3) is 0.581. The molecular weight excluding hydrogens is 766 g/mol. The predicted molar refractivity (Wildman–Crippen MR) is 223 cm³/mol. The normalized spacial score (nSPS) is 16.7. The van der Waals surface area contributed by atoms with Crippen molar-refractivity contribution in [1.82, 2.24) is 19.7 Å². The van der Waals surface area contributed by atoms with Crippen LogP contribution in [0.3, 0.4) is 0 Å². The molecule has 0 radical (unpaired) electrons. The third-order valence-corrected chi connectivity index (χ3v) is 12.7. The average Bonchev–Trinajstić information content (AvgIpc) is 3.71. The van der Waals surface area contributed by atoms with Crippen molar-refractivity contribution in [3.05, 3.63) is 68.1 Å². The zero-order chi connectivity index (χ0) is 40.4. The molecular formula is C43H58ClN5O7S. The number of amides is 3. The van der Waals surface area contributed by atoms with E-state index in [0.29, 0.717) is 75.3 Å². The SMILES string of the molecule is CCCN(CCCCCc1ccc(O)c2c1OCC(=O)N2)C(=O)CCOCCc1cccc(CN2CCC3(CC2)CN(C(=O)c2csc(C(C)C)n2)CCO3)c1Cl. The molecule has 2 N–H and O–H groups in total. The van der Waals surface area contributed by atoms with Crippen molar-refractivity contribution in [1.29, 1.82) is 0 Å². The number of benzene rings is 2. The van der Waals surface area contributed by atoms with Gasteiger partial charge < -0.3 is 34.4 Å². The van der Waals surface area contributed by atoms with Gasteiger partial charge in [-0.3, -0.25) is 19.3 Å². The van der Waals surface area contributed by atoms with E-state index in [4.69, 9.17) is 25.8 Å². The third-order valence-electron chi connectivity index (χ3n) is 11.1. The number of halogens is 1. The summed E-state index contributed by atoms with van der Waals surface area (Å²) < 4.78 is 17.9. The number of morpholine rings is 1. The van der Waals surface area contributed by atoms with Gasteiger partial charge in [-0.15, -0.1) is 11.3 Å². The van der Waals surface area contributed by atoms with Gasteiger partial charge in [-0.25, -0.2) is 4.98 Å². The Morgan fingerprint density at radius 1 is 1.05 bits per heavy atom. The first-order valence-electron chi connectivity index (χ1n) is 20.6. The van der Waals surface area contributed by atoms with Crippen molar-refractivity contribution in [2.24, 2.45) is 0 Å². The molecule has 12 nitrogen and oxygen atoms in total. The van der Waals surface area contributed by atoms with E-state index >= 15 is 0 Å². The minimum atomic E-state index is -0.326. The van der Waals surface area contributed by atoms with Crippen molar-refractivity contribution < 1.29 is 33.7 Å². The number of hydrogen-bond donors (Lipinski definition) is 2. The number of aryl methyl sites for hydroxylation is 1. The van der Waals surface area contributed by atoms with Gasteiger partial charge in [0.25, 0.3) is 11.8 Å². The highest BCUT2D eigenvalue weighted by Gasteiger charge is 2.41. The molecule has 3 aliphatic rings. The van der Waals surface area contributed by atoms with Crippen LogP contribution in [0.5, 0.6) is 11.5 Å². The molecule has 0 bridgehead atoms. The van der Waals surface area contributed by atoms with Gasteiger partial charge in [-0.05, 0) is 67.7 Å². The van der Waals surface area contributed by atoms with Crippen LogP contribution in [0.1, 0.15) is 104 Å². The molecule has 0 unspecified atom stereocenters. The van der Waals surface area contributed by atoms with Crippen LogP contribution in [-0.2, 0) is 38.4 Å². The maximum Gasteiger partial charge on any atom is 0.273 e. The molecule has 1 aromatic heterocycles. The number of phenols is 1. The summed E-state index contributed by atoms with van der Waals surface area (Å²) in [5.74, 6) is 0.687. The lowest BCUT2D eigenvalue weighted by atomic mass is 9.89. The molecule has 3 aromatic rings. The molecule has 1 spiro atoms. The third kappa shape index (κ3) is 11.3. The molecule has 3 aliphatic heterocycles. The van der Waals surface area contributed by atoms with E-state index in [0.717, 1.165) is 97.8 Å². The van der Waals surface area contributed by atoms with E-state index < -0.39 is 0 Å². The van der Waals surface area contributed by atoms with Crippen LogP contribution in [0.2, 0.25) is 5.02 Å². The molecule has 3 amide bonds. The topological polar surface area (TPSA) is 134 Å². The van der Waals surface area contributed by atoms with Gasteiger partial charge in [0.15, 0.2) is 12.4 Å². The number of thiazole rings is 1. The number of likely N-dealkylation sites (tertiary alicyclic amines) is 1. The molecule has 0 saturated carbocycles. The molecule has 4 heterocycles. The maximum absolute atomic E-state index is 13.3. The number of piperidine rings is 1. The second kappa shape index (κ2) is 20.3. The zero-order valence-corrected chi connectivity index (χ0v) is 35.2. The number of nitrogens with zero attached hydrogens (tertiary/aromatic N) is 4. The maximum atomic E-state index is 13.3. The van der Waals surface area contributed by atoms with Crippen molar-refractivity contribution in [2.75, 3.05) is 71.0 Å². The Bertz CT molecular complexity index is 1850. The van der Waals surface area contributed by atoms with E-state index in [-0.39, 0.29) is 35.7 Å². The van der Waals surface area contributed by atoms with Gasteiger partial charge in [0.2, 0.25) is 5.91 Å². The van der Waals surface area contributed by atoms with Crippen LogP contribution < -0.4 is 10.1 Å². The number of fused-ring (bicyclic) bond motifs is 1. The van der Waals surface area contributed by atoms with Crippen molar-refractivity contribution in [2.45, 2.75) is 96.6 Å². The smallest absolute Gasteiger partial charge is 0.273 e. The Morgan fingerprint density at radius 2 is 1.86 bits per heavy atom. The number of aromatic hydroxyl groups is 1. The lowest BCUT2D eigenvalue weighted by molar-refractivity contribution is -0.132. The Kier molecular flexibility index (Phi) is 15.2. The largest absolute Gasteiger partial charge is 0.506 e. The zero-order valence-electron chi connectivity index (χ0n) is 33.7. The number of hydrogen-bond acceptors (Lipinski definition) is 10. The lowest BCUT2D eigenvalue weighted by Gasteiger charge is -2.47. The summed E-state index contributed by atoms with van der Waals surface area (Å²) >= 11 is 8.50. The summed E-state index contributed by atoms with van der Waals surface area (Å²) in [5.41, 5.74) is 3.65. The quantitative estimate of drug-likeness (QED) is 0.102. The molecule has 0 aliphatic carbocycles. The fourth-order valence-corrected chi connectivity index (χ4v) is 8.97. The number of nitrogens with one attached hydrogen (secondary N) is 1. The number of phenolic OH excluding ortho intramolecular Hbond substituents is 1. The molecule has 14 heteroatoms. The van der Waals surface area contributed by atoms with Gasteiger partial charge >= 0.3 is 0 Å². The van der Waals surface area contributed by atoms with E-state index in [2.05, 4.69) is 48.1 Å². The minimum Gasteiger partial charge on any atom is -0.506 e. The first-order valence-corrected chi connectivity index (χ1v) is 21.8. The van der Waals surface area contributed by atoms with Crippen LogP contribution in [0.15, 0.2) is 35.7 Å². The Morgan fingerprint density at radius 3 is 2.63 bits per heavy atom. The predicted octanol–water partition coefficient (Wildman–Crippen LogP) is 7.06. The molecule has 2 aromatic carbocycles. The van der Waals surface area contributed by atoms with Gasteiger partial charge in [0.05, 0.1) is 43.4 Å². The summed E-state index contributed by atoms with van der Waals surface area (Å²) in [6.07, 6.45) is 7.09. The van der Waals surface area contributed by atoms with Gasteiger partial charge in [-0.1, -0.05) is 63.1 Å². The highest BCUT2D eigenvalue weighted by Crippen LogP contribution is 2.40. The molecule has 2 fully saturated rings. The highest BCUT2D eigenvalue weighted by molar-refractivity contribution is 7.09. The molecule has 2 saturated heterocycles. The van der Waals surface area contributed by atoms with Gasteiger partial charge in [0, 0.05) is 55.6 Å². The summed E-state index contributed by atoms with van der Waals surface area (Å²) in [6, 6.07) is 9.61. The Balaban J connectivity index is 0.884. The molecule has 310 valence electrons. The summed E-state index contributed by atoms with van der Waals surface area (Å²) in [7, 11) is 0. The van der Waals surface area contributed by atoms with E-state index in [1.54, 1.807) is 17.4 Å². The number of carbonyl (C=O) groups excluding carboxylic acids is 3. The van der Waals surface area contributed by atoms with E-state index in [1.807, 2.05) is 27.3 Å². The molecule has 0 atom stereocenters. The van der Waals surface area contributed by atoms with E-state index in [1.165, 1.54) is 0 Å². The van der Waals surface area contributed by atoms with Crippen LogP contribution in [0, 0.1) is 0 Å². The van der Waals surface area contributed by atoms with Gasteiger partial charge in [-0.2, -0.15) is 0 Å². The second-order valence-electron chi connectivity index (χ2n) is 15.7. The second-order valence-corrected chi connectivity index (χ2v) is 17.0. The summed E-state index contributed by atoms with van der Waals surface area (Å²) in [6.45, 7) is 12.7. The van der Waals surface area contributed by atoms with Crippen molar-refractivity contribution >= 4 is 46.3 Å². The number of anilines is 1. The number of carbonyl (C=O) groups is 3. The first kappa shape index (κ1) is 42.8. The van der Waals surface area contributed by atoms with Crippen LogP contribution in [0.25, 0.3) is 0 Å². The highest BCUT2D eigenvalue weighted by atomic mass is 35.5. The standard InChI is InChI=1S/C43H58ClN5O7S/c1-4-18-48(19-7-5-6-9-32-12-13-35(50)39-40(32)55-27-36(51)46-39)37(52)15-24-54-23-14-31-10-8-11-33(38(31)44)26-47-20-16-43(17-21-47)29-49(22-25-56-43)42(53)34-28-57-41(45-34)30(2)3/h8,10-13,28,30,50H,4-7,9,14-27,29H2,1-3H3,(H,46,51). The summed E-state index contributed by atoms with van der Waals surface area (Å²) in [4.78, 5) is 49.0. The monoisotopic (exact) mass is 823 g/mol. The Hall–Kier alpha value is -3.75. The number of ether oxygens (including phenoxy) is 3. The first-order chi connectivity index (χ1) is 27.6. The molecule has 57 heavy (non-hydrogen) atoms. The average molecular weight is 824 g/mol. The van der Waals surface area contributed by atoms with Crippen molar-refractivity contribution in [3.8, 4) is 11.5 Å². The van der Waals surface area contributed by atoms with Crippen LogP contribution in [-0.4, -0.2) is 114 Å². The van der Waals surface area contributed by atoms with Crippen molar-refractivity contribution in [3.63, 3.8) is 0 Å². The lowest BCUT2D eigenvalue weighted by Crippen LogP contribution is -2.58. The van der Waals surface area contributed by atoms with Crippen LogP contribution in [0.4, 0.5) is 5.69 Å².